The molecule has 1 N–H and O–H groups in total. The van der Waals surface area contributed by atoms with Crippen LogP contribution in [-0.4, -0.2) is 31.0 Å². The van der Waals surface area contributed by atoms with E-state index in [0.717, 1.165) is 0 Å². The monoisotopic (exact) mass is 375 g/mol. The van der Waals surface area contributed by atoms with Gasteiger partial charge in [-0.15, -0.1) is 0 Å². The van der Waals surface area contributed by atoms with Crippen molar-refractivity contribution in [2.75, 3.05) is 23.9 Å². The van der Waals surface area contributed by atoms with Crippen LogP contribution < -0.4 is 15.1 Å². The molecule has 1 aliphatic rings. The van der Waals surface area contributed by atoms with Crippen LogP contribution in [-0.2, 0) is 9.59 Å². The van der Waals surface area contributed by atoms with Crippen LogP contribution in [0.25, 0.3) is 6.08 Å². The fourth-order valence-corrected chi connectivity index (χ4v) is 2.81. The van der Waals surface area contributed by atoms with Crippen LogP contribution in [0.2, 0.25) is 5.02 Å². The van der Waals surface area contributed by atoms with Crippen molar-refractivity contribution in [1.29, 1.82) is 0 Å². The highest BCUT2D eigenvalue weighted by Crippen LogP contribution is 2.29. The van der Waals surface area contributed by atoms with Crippen molar-refractivity contribution in [1.82, 2.24) is 5.32 Å². The molecule has 128 valence electrons. The quantitative estimate of drug-likeness (QED) is 0.507. The average molecular weight is 376 g/mol. The van der Waals surface area contributed by atoms with E-state index >= 15 is 0 Å². The lowest BCUT2D eigenvalue weighted by molar-refractivity contribution is -0.122. The van der Waals surface area contributed by atoms with Gasteiger partial charge in [-0.05, 0) is 36.5 Å². The van der Waals surface area contributed by atoms with E-state index in [1.807, 2.05) is 14.1 Å². The van der Waals surface area contributed by atoms with E-state index in [9.17, 15) is 9.59 Å². The molecule has 0 spiro atoms. The number of furan rings is 1. The Morgan fingerprint density at radius 3 is 2.56 bits per heavy atom. The van der Waals surface area contributed by atoms with Crippen LogP contribution in [0.5, 0.6) is 0 Å². The number of rotatable bonds is 3. The number of carbonyl (C=O) groups is 2. The zero-order valence-electron chi connectivity index (χ0n) is 13.4. The number of anilines is 2. The molecule has 1 fully saturated rings. The number of nitrogens with one attached hydrogen (secondary N) is 1. The highest BCUT2D eigenvalue weighted by Gasteiger charge is 2.35. The maximum Gasteiger partial charge on any atom is 0.270 e. The summed E-state index contributed by atoms with van der Waals surface area (Å²) in [5.74, 6) is -0.158. The van der Waals surface area contributed by atoms with E-state index < -0.39 is 11.8 Å². The summed E-state index contributed by atoms with van der Waals surface area (Å²) in [6.45, 7) is 0. The normalized spacial score (nSPS) is 16.4. The Labute approximate surface area is 154 Å². The Morgan fingerprint density at radius 1 is 1.20 bits per heavy atom. The van der Waals surface area contributed by atoms with E-state index in [-0.39, 0.29) is 10.7 Å². The fraction of sp³-hybridized carbons (Fsp3) is 0.118. The summed E-state index contributed by atoms with van der Waals surface area (Å²) in [5.41, 5.74) is 0.312. The first kappa shape index (κ1) is 17.2. The van der Waals surface area contributed by atoms with Crippen molar-refractivity contribution >= 4 is 58.4 Å². The van der Waals surface area contributed by atoms with Gasteiger partial charge in [0.1, 0.15) is 11.3 Å². The van der Waals surface area contributed by atoms with Crippen LogP contribution in [0.4, 0.5) is 11.6 Å². The zero-order chi connectivity index (χ0) is 18.1. The predicted molar refractivity (Wildman–Crippen MR) is 101 cm³/mol. The molecule has 1 saturated heterocycles. The van der Waals surface area contributed by atoms with Gasteiger partial charge in [-0.3, -0.25) is 19.8 Å². The Hall–Kier alpha value is -2.64. The largest absolute Gasteiger partial charge is 0.441 e. The molecule has 2 amide bonds. The van der Waals surface area contributed by atoms with Crippen LogP contribution >= 0.6 is 23.8 Å². The second kappa shape index (κ2) is 6.70. The Morgan fingerprint density at radius 2 is 1.92 bits per heavy atom. The number of carbonyl (C=O) groups excluding carboxylic acids is 2. The maximum absolute atomic E-state index is 12.8. The molecule has 0 unspecified atom stereocenters. The van der Waals surface area contributed by atoms with Gasteiger partial charge in [-0.25, -0.2) is 0 Å². The highest BCUT2D eigenvalue weighted by molar-refractivity contribution is 7.80. The second-order valence-corrected chi connectivity index (χ2v) is 6.27. The molecule has 2 heterocycles. The first-order valence-electron chi connectivity index (χ1n) is 7.31. The van der Waals surface area contributed by atoms with Crippen molar-refractivity contribution < 1.29 is 14.0 Å². The molecular formula is C17H14ClN3O3S. The van der Waals surface area contributed by atoms with Crippen LogP contribution in [0.15, 0.2) is 46.4 Å². The van der Waals surface area contributed by atoms with Gasteiger partial charge in [-0.1, -0.05) is 23.7 Å². The van der Waals surface area contributed by atoms with Gasteiger partial charge < -0.3 is 9.32 Å². The number of amides is 2. The van der Waals surface area contributed by atoms with Crippen molar-refractivity contribution in [3.8, 4) is 0 Å². The highest BCUT2D eigenvalue weighted by atomic mass is 35.5. The Balaban J connectivity index is 2.00. The maximum atomic E-state index is 12.8. The van der Waals surface area contributed by atoms with Crippen molar-refractivity contribution in [2.24, 2.45) is 0 Å². The third kappa shape index (κ3) is 3.29. The summed E-state index contributed by atoms with van der Waals surface area (Å²) in [5, 5.41) is 2.83. The summed E-state index contributed by atoms with van der Waals surface area (Å²) in [6.07, 6.45) is 1.39. The molecule has 0 radical (unpaired) electrons. The van der Waals surface area contributed by atoms with E-state index in [2.05, 4.69) is 5.32 Å². The number of hydrogen-bond acceptors (Lipinski definition) is 5. The number of thiocarbonyl (C=S) groups is 1. The van der Waals surface area contributed by atoms with Crippen LogP contribution in [0, 0.1) is 0 Å². The third-order valence-corrected chi connectivity index (χ3v) is 4.14. The molecule has 0 saturated carbocycles. The van der Waals surface area contributed by atoms with Gasteiger partial charge in [0, 0.05) is 20.2 Å². The van der Waals surface area contributed by atoms with E-state index in [1.165, 1.54) is 11.0 Å². The van der Waals surface area contributed by atoms with Crippen molar-refractivity contribution in [3.63, 3.8) is 0 Å². The average Bonchev–Trinajstić information content (AvgIpc) is 3.02. The van der Waals surface area contributed by atoms with Crippen molar-refractivity contribution in [2.45, 2.75) is 0 Å². The minimum atomic E-state index is -0.582. The molecule has 25 heavy (non-hydrogen) atoms. The molecule has 0 atom stereocenters. The molecular weight excluding hydrogens is 362 g/mol. The lowest BCUT2D eigenvalue weighted by Gasteiger charge is -2.29. The van der Waals surface area contributed by atoms with Crippen LogP contribution in [0.3, 0.4) is 0 Å². The summed E-state index contributed by atoms with van der Waals surface area (Å²) < 4.78 is 5.58. The molecule has 1 aromatic heterocycles. The predicted octanol–water partition coefficient (Wildman–Crippen LogP) is 2.83. The first-order valence-corrected chi connectivity index (χ1v) is 8.10. The van der Waals surface area contributed by atoms with Gasteiger partial charge in [-0.2, -0.15) is 0 Å². The van der Waals surface area contributed by atoms with Crippen molar-refractivity contribution in [3.05, 3.63) is 52.8 Å². The fourth-order valence-electron chi connectivity index (χ4n) is 2.31. The number of halogens is 1. The standard InChI is InChI=1S/C17H14ClN3O3S/c1-20(2)14-8-7-10(24-14)9-11-15(22)19-17(25)21(16(11)23)13-6-4-3-5-12(13)18/h3-9H,1-2H3,(H,19,22,25)/b11-9+. The van der Waals surface area contributed by atoms with Gasteiger partial charge in [0.25, 0.3) is 11.8 Å². The number of para-hydroxylation sites is 1. The topological polar surface area (TPSA) is 65.8 Å². The number of nitrogens with zero attached hydrogens (tertiary/aromatic N) is 2. The molecule has 0 bridgehead atoms. The smallest absolute Gasteiger partial charge is 0.270 e. The summed E-state index contributed by atoms with van der Waals surface area (Å²) in [4.78, 5) is 28.0. The molecule has 8 heteroatoms. The Bertz CT molecular complexity index is 904. The van der Waals surface area contributed by atoms with E-state index in [0.29, 0.717) is 22.4 Å². The lowest BCUT2D eigenvalue weighted by atomic mass is 10.1. The van der Waals surface area contributed by atoms with Gasteiger partial charge in [0.15, 0.2) is 11.0 Å². The van der Waals surface area contributed by atoms with E-state index in [1.54, 1.807) is 41.3 Å². The van der Waals surface area contributed by atoms with Gasteiger partial charge >= 0.3 is 0 Å². The third-order valence-electron chi connectivity index (χ3n) is 3.54. The summed E-state index contributed by atoms with van der Waals surface area (Å²) in [6, 6.07) is 10.2. The molecule has 6 nitrogen and oxygen atoms in total. The van der Waals surface area contributed by atoms with E-state index in [4.69, 9.17) is 28.2 Å². The molecule has 2 aromatic rings. The number of benzene rings is 1. The molecule has 0 aliphatic carbocycles. The molecule has 1 aliphatic heterocycles. The zero-order valence-corrected chi connectivity index (χ0v) is 15.0. The van der Waals surface area contributed by atoms with Crippen LogP contribution in [0.1, 0.15) is 5.76 Å². The first-order chi connectivity index (χ1) is 11.9. The minimum Gasteiger partial charge on any atom is -0.441 e. The second-order valence-electron chi connectivity index (χ2n) is 5.48. The number of hydrogen-bond donors (Lipinski definition) is 1. The lowest BCUT2D eigenvalue weighted by Crippen LogP contribution is -2.54. The minimum absolute atomic E-state index is 0.0197. The molecule has 1 aromatic carbocycles. The molecule has 3 rings (SSSR count). The van der Waals surface area contributed by atoms with Gasteiger partial charge in [0.2, 0.25) is 0 Å². The summed E-state index contributed by atoms with van der Waals surface area (Å²) in [7, 11) is 3.65. The SMILES string of the molecule is CN(C)c1ccc(/C=C2\C(=O)NC(=S)N(c3ccccc3Cl)C2=O)o1. The van der Waals surface area contributed by atoms with Gasteiger partial charge in [0.05, 0.1) is 10.7 Å². The Kier molecular flexibility index (Phi) is 4.61. The summed E-state index contributed by atoms with van der Waals surface area (Å²) >= 11 is 11.3.